The fourth-order valence-electron chi connectivity index (χ4n) is 2.84. The van der Waals surface area contributed by atoms with E-state index < -0.39 is 0 Å². The lowest BCUT2D eigenvalue weighted by Gasteiger charge is -2.21. The normalized spacial score (nSPS) is 11.1. The molecule has 138 valence electrons. The van der Waals surface area contributed by atoms with E-state index in [4.69, 9.17) is 14.6 Å². The topological polar surface area (TPSA) is 34.1 Å². The number of hydrazone groups is 1. The molecule has 0 radical (unpaired) electrons. The quantitative estimate of drug-likeness (QED) is 0.432. The Morgan fingerprint density at radius 3 is 2.07 bits per heavy atom. The molecule has 3 aromatic carbocycles. The second-order valence-electron chi connectivity index (χ2n) is 6.13. The van der Waals surface area contributed by atoms with Crippen molar-refractivity contribution >= 4 is 11.4 Å². The Morgan fingerprint density at radius 2 is 1.44 bits per heavy atom. The maximum atomic E-state index is 5.42. The SMILES string of the molecule is COc1ccc(C(C)=NN(Cc2ccccc2)c2ccccc2)cc1OC. The number of hydrogen-bond donors (Lipinski definition) is 0. The molecule has 0 spiro atoms. The Balaban J connectivity index is 1.94. The number of nitrogens with zero attached hydrogens (tertiary/aromatic N) is 2. The molecule has 3 rings (SSSR count). The predicted molar refractivity (Wildman–Crippen MR) is 111 cm³/mol. The molecule has 0 aromatic heterocycles. The van der Waals surface area contributed by atoms with Crippen LogP contribution in [-0.4, -0.2) is 19.9 Å². The van der Waals surface area contributed by atoms with E-state index in [1.165, 1.54) is 5.56 Å². The minimum atomic E-state index is 0.690. The van der Waals surface area contributed by atoms with E-state index in [1.54, 1.807) is 14.2 Å². The molecule has 4 nitrogen and oxygen atoms in total. The smallest absolute Gasteiger partial charge is 0.161 e. The summed E-state index contributed by atoms with van der Waals surface area (Å²) in [6.45, 7) is 2.69. The summed E-state index contributed by atoms with van der Waals surface area (Å²) in [5.41, 5.74) is 4.13. The largest absolute Gasteiger partial charge is 0.493 e. The number of methoxy groups -OCH3 is 2. The first kappa shape index (κ1) is 18.5. The second kappa shape index (κ2) is 8.90. The predicted octanol–water partition coefficient (Wildman–Crippen LogP) is 5.13. The van der Waals surface area contributed by atoms with Gasteiger partial charge in [0.05, 0.1) is 32.2 Å². The summed E-state index contributed by atoms with van der Waals surface area (Å²) in [5.74, 6) is 1.40. The summed E-state index contributed by atoms with van der Waals surface area (Å²) in [7, 11) is 3.27. The van der Waals surface area contributed by atoms with Crippen LogP contribution in [0.25, 0.3) is 0 Å². The average molecular weight is 360 g/mol. The Hall–Kier alpha value is -3.27. The molecule has 4 heteroatoms. The summed E-state index contributed by atoms with van der Waals surface area (Å²) in [5, 5.41) is 6.91. The monoisotopic (exact) mass is 360 g/mol. The molecule has 0 saturated carbocycles. The highest BCUT2D eigenvalue weighted by atomic mass is 16.5. The molecule has 0 atom stereocenters. The first-order chi connectivity index (χ1) is 13.2. The van der Waals surface area contributed by atoms with Gasteiger partial charge in [0.15, 0.2) is 11.5 Å². The first-order valence-corrected chi connectivity index (χ1v) is 8.85. The molecule has 0 aliphatic carbocycles. The fourth-order valence-corrected chi connectivity index (χ4v) is 2.84. The van der Waals surface area contributed by atoms with Crippen LogP contribution < -0.4 is 14.5 Å². The minimum absolute atomic E-state index is 0.690. The zero-order chi connectivity index (χ0) is 19.1. The number of rotatable bonds is 7. The van der Waals surface area contributed by atoms with E-state index in [1.807, 2.05) is 66.5 Å². The Morgan fingerprint density at radius 1 is 0.815 bits per heavy atom. The van der Waals surface area contributed by atoms with Gasteiger partial charge in [0.1, 0.15) is 0 Å². The number of anilines is 1. The number of hydrogen-bond acceptors (Lipinski definition) is 4. The standard InChI is InChI=1S/C23H24N2O2/c1-18(20-14-15-22(26-2)23(16-20)27-3)24-25(21-12-8-5-9-13-21)17-19-10-6-4-7-11-19/h4-16H,17H2,1-3H3. The van der Waals surface area contributed by atoms with Gasteiger partial charge >= 0.3 is 0 Å². The van der Waals surface area contributed by atoms with Gasteiger partial charge in [0.25, 0.3) is 0 Å². The number of para-hydroxylation sites is 1. The highest BCUT2D eigenvalue weighted by molar-refractivity contribution is 5.99. The molecule has 0 aliphatic rings. The Labute approximate surface area is 160 Å². The second-order valence-corrected chi connectivity index (χ2v) is 6.13. The van der Waals surface area contributed by atoms with Crippen molar-refractivity contribution in [1.29, 1.82) is 0 Å². The van der Waals surface area contributed by atoms with Crippen LogP contribution in [0.2, 0.25) is 0 Å². The van der Waals surface area contributed by atoms with Gasteiger partial charge in [0, 0.05) is 5.56 Å². The molecule has 27 heavy (non-hydrogen) atoms. The molecule has 0 aliphatic heterocycles. The van der Waals surface area contributed by atoms with Crippen molar-refractivity contribution in [3.63, 3.8) is 0 Å². The van der Waals surface area contributed by atoms with E-state index in [2.05, 4.69) is 24.3 Å². The number of benzene rings is 3. The molecule has 0 fully saturated rings. The molecular formula is C23H24N2O2. The lowest BCUT2D eigenvalue weighted by molar-refractivity contribution is 0.355. The summed E-state index contributed by atoms with van der Waals surface area (Å²) >= 11 is 0. The summed E-state index contributed by atoms with van der Waals surface area (Å²) < 4.78 is 10.7. The molecule has 0 N–H and O–H groups in total. The van der Waals surface area contributed by atoms with Gasteiger partial charge in [0.2, 0.25) is 0 Å². The minimum Gasteiger partial charge on any atom is -0.493 e. The van der Waals surface area contributed by atoms with E-state index >= 15 is 0 Å². The lowest BCUT2D eigenvalue weighted by Crippen LogP contribution is -2.18. The zero-order valence-corrected chi connectivity index (χ0v) is 15.9. The van der Waals surface area contributed by atoms with Crippen molar-refractivity contribution in [2.75, 3.05) is 19.2 Å². The van der Waals surface area contributed by atoms with Crippen LogP contribution in [0.1, 0.15) is 18.1 Å². The van der Waals surface area contributed by atoms with Crippen molar-refractivity contribution in [3.05, 3.63) is 90.0 Å². The third-order valence-corrected chi connectivity index (χ3v) is 4.30. The van der Waals surface area contributed by atoms with Crippen LogP contribution >= 0.6 is 0 Å². The van der Waals surface area contributed by atoms with Gasteiger partial charge in [-0.1, -0.05) is 48.5 Å². The van der Waals surface area contributed by atoms with Crippen LogP contribution in [-0.2, 0) is 6.54 Å². The zero-order valence-electron chi connectivity index (χ0n) is 15.9. The van der Waals surface area contributed by atoms with Gasteiger partial charge in [-0.25, -0.2) is 0 Å². The van der Waals surface area contributed by atoms with Crippen molar-refractivity contribution in [2.24, 2.45) is 5.10 Å². The van der Waals surface area contributed by atoms with E-state index in [-0.39, 0.29) is 0 Å². The third-order valence-electron chi connectivity index (χ3n) is 4.30. The van der Waals surface area contributed by atoms with Gasteiger partial charge in [-0.3, -0.25) is 5.01 Å². The van der Waals surface area contributed by atoms with E-state index in [9.17, 15) is 0 Å². The highest BCUT2D eigenvalue weighted by Gasteiger charge is 2.10. The molecule has 0 unspecified atom stereocenters. The van der Waals surface area contributed by atoms with Crippen molar-refractivity contribution < 1.29 is 9.47 Å². The van der Waals surface area contributed by atoms with Crippen LogP contribution in [0.15, 0.2) is 84.0 Å². The molecule has 0 amide bonds. The number of ether oxygens (including phenoxy) is 2. The summed E-state index contributed by atoms with van der Waals surface area (Å²) in [6, 6.07) is 26.4. The van der Waals surface area contributed by atoms with Crippen molar-refractivity contribution in [2.45, 2.75) is 13.5 Å². The van der Waals surface area contributed by atoms with Gasteiger partial charge < -0.3 is 9.47 Å². The van der Waals surface area contributed by atoms with Gasteiger partial charge in [-0.15, -0.1) is 0 Å². The highest BCUT2D eigenvalue weighted by Crippen LogP contribution is 2.28. The maximum absolute atomic E-state index is 5.42. The fraction of sp³-hybridized carbons (Fsp3) is 0.174. The molecule has 0 bridgehead atoms. The summed E-state index contributed by atoms with van der Waals surface area (Å²) in [6.07, 6.45) is 0. The third kappa shape index (κ3) is 4.67. The Bertz CT molecular complexity index is 893. The van der Waals surface area contributed by atoms with Gasteiger partial charge in [-0.05, 0) is 42.8 Å². The Kier molecular flexibility index (Phi) is 6.10. The van der Waals surface area contributed by atoms with Crippen LogP contribution in [0, 0.1) is 0 Å². The first-order valence-electron chi connectivity index (χ1n) is 8.85. The van der Waals surface area contributed by atoms with Crippen molar-refractivity contribution in [1.82, 2.24) is 0 Å². The molecule has 3 aromatic rings. The van der Waals surface area contributed by atoms with Crippen LogP contribution in [0.4, 0.5) is 5.69 Å². The average Bonchev–Trinajstić information content (AvgIpc) is 2.74. The van der Waals surface area contributed by atoms with Crippen LogP contribution in [0.5, 0.6) is 11.5 Å². The van der Waals surface area contributed by atoms with E-state index in [0.717, 1.165) is 17.0 Å². The van der Waals surface area contributed by atoms with Crippen molar-refractivity contribution in [3.8, 4) is 11.5 Å². The molecular weight excluding hydrogens is 336 g/mol. The molecule has 0 heterocycles. The summed E-state index contributed by atoms with van der Waals surface area (Å²) in [4.78, 5) is 0. The van der Waals surface area contributed by atoms with Gasteiger partial charge in [-0.2, -0.15) is 5.10 Å². The lowest BCUT2D eigenvalue weighted by atomic mass is 10.1. The molecule has 0 saturated heterocycles. The van der Waals surface area contributed by atoms with E-state index in [0.29, 0.717) is 18.0 Å². The van der Waals surface area contributed by atoms with Crippen LogP contribution in [0.3, 0.4) is 0 Å². The maximum Gasteiger partial charge on any atom is 0.161 e.